The Morgan fingerprint density at radius 3 is 2.26 bits per heavy atom. The molecule has 100 valence electrons. The lowest BCUT2D eigenvalue weighted by molar-refractivity contribution is 0.0962. The van der Waals surface area contributed by atoms with Crippen LogP contribution in [0.1, 0.15) is 47.6 Å². The molecule has 1 aromatic carbocycles. The van der Waals surface area contributed by atoms with E-state index < -0.39 is 6.04 Å². The fourth-order valence-electron chi connectivity index (χ4n) is 1.91. The van der Waals surface area contributed by atoms with Crippen molar-refractivity contribution in [1.29, 1.82) is 0 Å². The Balaban J connectivity index is 2.21. The zero-order valence-corrected chi connectivity index (χ0v) is 12.3. The second-order valence-electron chi connectivity index (χ2n) is 5.68. The second-order valence-corrected chi connectivity index (χ2v) is 6.66. The molecule has 0 spiro atoms. The Morgan fingerprint density at radius 2 is 1.79 bits per heavy atom. The average Bonchev–Trinajstić information content (AvgIpc) is 2.90. The van der Waals surface area contributed by atoms with Gasteiger partial charge in [-0.2, -0.15) is 0 Å². The Morgan fingerprint density at radius 1 is 1.16 bits per heavy atom. The van der Waals surface area contributed by atoms with Gasteiger partial charge in [0.1, 0.15) is 6.04 Å². The van der Waals surface area contributed by atoms with Crippen LogP contribution in [0.2, 0.25) is 0 Å². The molecule has 2 nitrogen and oxygen atoms in total. The smallest absolute Gasteiger partial charge is 0.184 e. The Labute approximate surface area is 118 Å². The summed E-state index contributed by atoms with van der Waals surface area (Å²) in [6.07, 6.45) is 0. The van der Waals surface area contributed by atoms with Crippen LogP contribution in [0.5, 0.6) is 0 Å². The molecule has 0 aliphatic rings. The van der Waals surface area contributed by atoms with Crippen molar-refractivity contribution in [1.82, 2.24) is 0 Å². The van der Waals surface area contributed by atoms with Crippen LogP contribution >= 0.6 is 11.3 Å². The van der Waals surface area contributed by atoms with Gasteiger partial charge in [-0.15, -0.1) is 11.3 Å². The fourth-order valence-corrected chi connectivity index (χ4v) is 2.64. The van der Waals surface area contributed by atoms with Crippen molar-refractivity contribution >= 4 is 17.1 Å². The summed E-state index contributed by atoms with van der Waals surface area (Å²) in [5.74, 6) is -0.0251. The quantitative estimate of drug-likeness (QED) is 0.861. The average molecular weight is 273 g/mol. The van der Waals surface area contributed by atoms with Gasteiger partial charge < -0.3 is 5.73 Å². The Bertz CT molecular complexity index is 549. The standard InChI is InChI=1S/C16H19NOS/c1-16(2,3)12-8-6-11(7-9-12)15(18)14(17)13-5-4-10-19-13/h4-10,14H,17H2,1-3H3. The number of benzene rings is 1. The van der Waals surface area contributed by atoms with Gasteiger partial charge in [0.15, 0.2) is 5.78 Å². The molecule has 3 heteroatoms. The lowest BCUT2D eigenvalue weighted by atomic mass is 9.86. The van der Waals surface area contributed by atoms with Crippen LogP contribution in [-0.2, 0) is 5.41 Å². The summed E-state index contributed by atoms with van der Waals surface area (Å²) >= 11 is 1.52. The molecule has 0 amide bonds. The van der Waals surface area contributed by atoms with Gasteiger partial charge in [-0.1, -0.05) is 51.1 Å². The zero-order valence-electron chi connectivity index (χ0n) is 11.5. The molecule has 19 heavy (non-hydrogen) atoms. The van der Waals surface area contributed by atoms with E-state index in [9.17, 15) is 4.79 Å². The van der Waals surface area contributed by atoms with Crippen LogP contribution in [0, 0.1) is 0 Å². The lowest BCUT2D eigenvalue weighted by Gasteiger charge is -2.19. The minimum absolute atomic E-state index is 0.0251. The molecule has 0 bridgehead atoms. The van der Waals surface area contributed by atoms with E-state index in [1.165, 1.54) is 16.9 Å². The first-order valence-electron chi connectivity index (χ1n) is 6.33. The number of thiophene rings is 1. The molecule has 2 rings (SSSR count). The van der Waals surface area contributed by atoms with E-state index in [2.05, 4.69) is 20.8 Å². The van der Waals surface area contributed by atoms with Crippen molar-refractivity contribution in [3.8, 4) is 0 Å². The molecule has 0 saturated carbocycles. The number of rotatable bonds is 3. The Hall–Kier alpha value is -1.45. The molecule has 2 N–H and O–H groups in total. The maximum absolute atomic E-state index is 12.3. The fraction of sp³-hybridized carbons (Fsp3) is 0.312. The van der Waals surface area contributed by atoms with Crippen molar-refractivity contribution in [2.45, 2.75) is 32.2 Å². The third kappa shape index (κ3) is 3.11. The van der Waals surface area contributed by atoms with E-state index in [-0.39, 0.29) is 11.2 Å². The van der Waals surface area contributed by atoms with Gasteiger partial charge in [0.05, 0.1) is 0 Å². The molecule has 1 heterocycles. The third-order valence-corrected chi connectivity index (χ3v) is 4.12. The SMILES string of the molecule is CC(C)(C)c1ccc(C(=O)C(N)c2cccs2)cc1. The summed E-state index contributed by atoms with van der Waals surface area (Å²) in [4.78, 5) is 13.2. The van der Waals surface area contributed by atoms with Crippen molar-refractivity contribution in [3.05, 3.63) is 57.8 Å². The summed E-state index contributed by atoms with van der Waals surface area (Å²) in [6.45, 7) is 6.46. The van der Waals surface area contributed by atoms with Crippen molar-refractivity contribution < 1.29 is 4.79 Å². The van der Waals surface area contributed by atoms with Crippen LogP contribution in [-0.4, -0.2) is 5.78 Å². The van der Waals surface area contributed by atoms with E-state index in [0.29, 0.717) is 5.56 Å². The highest BCUT2D eigenvalue weighted by molar-refractivity contribution is 7.10. The van der Waals surface area contributed by atoms with E-state index in [1.54, 1.807) is 0 Å². The number of carbonyl (C=O) groups excluding carboxylic acids is 1. The summed E-state index contributed by atoms with van der Waals surface area (Å²) in [5, 5.41) is 1.94. The molecule has 0 aliphatic heterocycles. The van der Waals surface area contributed by atoms with Crippen LogP contribution < -0.4 is 5.73 Å². The van der Waals surface area contributed by atoms with E-state index in [0.717, 1.165) is 4.88 Å². The molecule has 2 aromatic rings. The van der Waals surface area contributed by atoms with E-state index in [4.69, 9.17) is 5.73 Å². The first-order valence-corrected chi connectivity index (χ1v) is 7.21. The molecule has 1 atom stereocenters. The number of nitrogens with two attached hydrogens (primary N) is 1. The summed E-state index contributed by atoms with van der Waals surface area (Å²) in [7, 11) is 0. The molecule has 1 aromatic heterocycles. The first-order chi connectivity index (χ1) is 8.89. The highest BCUT2D eigenvalue weighted by Crippen LogP contribution is 2.24. The van der Waals surface area contributed by atoms with Crippen molar-refractivity contribution in [2.75, 3.05) is 0 Å². The Kier molecular flexibility index (Phi) is 3.88. The predicted octanol–water partition coefficient (Wildman–Crippen LogP) is 3.93. The van der Waals surface area contributed by atoms with Gasteiger partial charge in [-0.3, -0.25) is 4.79 Å². The zero-order chi connectivity index (χ0) is 14.0. The first kappa shape index (κ1) is 14.0. The van der Waals surface area contributed by atoms with Crippen LogP contribution in [0.15, 0.2) is 41.8 Å². The van der Waals surface area contributed by atoms with E-state index >= 15 is 0 Å². The lowest BCUT2D eigenvalue weighted by Crippen LogP contribution is -2.20. The number of hydrogen-bond acceptors (Lipinski definition) is 3. The molecule has 0 saturated heterocycles. The topological polar surface area (TPSA) is 43.1 Å². The maximum atomic E-state index is 12.3. The monoisotopic (exact) mass is 273 g/mol. The minimum atomic E-state index is -0.555. The van der Waals surface area contributed by atoms with Gasteiger partial charge in [0, 0.05) is 10.4 Å². The predicted molar refractivity (Wildman–Crippen MR) is 80.7 cm³/mol. The molecular weight excluding hydrogens is 254 g/mol. The largest absolute Gasteiger partial charge is 0.317 e. The van der Waals surface area contributed by atoms with Gasteiger partial charge in [-0.05, 0) is 22.4 Å². The highest BCUT2D eigenvalue weighted by Gasteiger charge is 2.19. The van der Waals surface area contributed by atoms with Gasteiger partial charge >= 0.3 is 0 Å². The van der Waals surface area contributed by atoms with Gasteiger partial charge in [0.2, 0.25) is 0 Å². The van der Waals surface area contributed by atoms with Crippen LogP contribution in [0.3, 0.4) is 0 Å². The normalized spacial score (nSPS) is 13.3. The molecule has 0 fully saturated rings. The van der Waals surface area contributed by atoms with Crippen LogP contribution in [0.25, 0.3) is 0 Å². The number of hydrogen-bond donors (Lipinski definition) is 1. The number of carbonyl (C=O) groups is 1. The highest BCUT2D eigenvalue weighted by atomic mass is 32.1. The molecule has 0 radical (unpaired) electrons. The molecule has 0 aliphatic carbocycles. The van der Waals surface area contributed by atoms with Gasteiger partial charge in [-0.25, -0.2) is 0 Å². The third-order valence-electron chi connectivity index (χ3n) is 3.17. The summed E-state index contributed by atoms with van der Waals surface area (Å²) in [5.41, 5.74) is 7.99. The van der Waals surface area contributed by atoms with Crippen molar-refractivity contribution in [2.24, 2.45) is 5.73 Å². The molecule has 1 unspecified atom stereocenters. The minimum Gasteiger partial charge on any atom is -0.317 e. The summed E-state index contributed by atoms with van der Waals surface area (Å²) in [6, 6.07) is 11.0. The maximum Gasteiger partial charge on any atom is 0.184 e. The summed E-state index contributed by atoms with van der Waals surface area (Å²) < 4.78 is 0. The van der Waals surface area contributed by atoms with Crippen molar-refractivity contribution in [3.63, 3.8) is 0 Å². The van der Waals surface area contributed by atoms with Gasteiger partial charge in [0.25, 0.3) is 0 Å². The number of ketones is 1. The van der Waals surface area contributed by atoms with Crippen LogP contribution in [0.4, 0.5) is 0 Å². The number of Topliss-reactive ketones (excluding diaryl/α,β-unsaturated/α-hetero) is 1. The molecular formula is C16H19NOS. The second kappa shape index (κ2) is 5.27. The van der Waals surface area contributed by atoms with E-state index in [1.807, 2.05) is 41.8 Å².